The minimum absolute atomic E-state index is 0.0169. The van der Waals surface area contributed by atoms with Crippen molar-refractivity contribution in [3.63, 3.8) is 0 Å². The Morgan fingerprint density at radius 3 is 2.40 bits per heavy atom. The number of ether oxygens (including phenoxy) is 3. The number of nitrogens with zero attached hydrogens (tertiary/aromatic N) is 1. The van der Waals surface area contributed by atoms with E-state index < -0.39 is 30.0 Å². The van der Waals surface area contributed by atoms with E-state index in [0.29, 0.717) is 65.0 Å². The number of halogens is 1. The molecule has 0 saturated heterocycles. The highest BCUT2D eigenvalue weighted by molar-refractivity contribution is 6.31. The van der Waals surface area contributed by atoms with Gasteiger partial charge in [-0.1, -0.05) is 37.1 Å². The van der Waals surface area contributed by atoms with E-state index in [1.807, 2.05) is 13.8 Å². The monoisotopic (exact) mass is 601 g/mol. The second-order valence-corrected chi connectivity index (χ2v) is 9.71. The van der Waals surface area contributed by atoms with Crippen molar-refractivity contribution in [2.75, 3.05) is 25.6 Å². The Morgan fingerprint density at radius 2 is 1.76 bits per heavy atom. The molecule has 2 amide bonds. The van der Waals surface area contributed by atoms with Crippen molar-refractivity contribution in [3.05, 3.63) is 74.7 Å². The lowest BCUT2D eigenvalue weighted by Crippen LogP contribution is -2.36. The Kier molecular flexibility index (Phi) is 11.5. The number of methoxy groups -OCH3 is 1. The van der Waals surface area contributed by atoms with Crippen LogP contribution in [0.1, 0.15) is 56.3 Å². The molecule has 0 unspecified atom stereocenters. The summed E-state index contributed by atoms with van der Waals surface area (Å²) in [6, 6.07) is 8.11. The van der Waals surface area contributed by atoms with E-state index in [9.17, 15) is 24.6 Å². The van der Waals surface area contributed by atoms with Gasteiger partial charge in [-0.25, -0.2) is 4.79 Å². The molecule has 0 aliphatic heterocycles. The van der Waals surface area contributed by atoms with Crippen LogP contribution in [0.15, 0.2) is 47.4 Å². The molecule has 11 nitrogen and oxygen atoms in total. The number of aryl methyl sites for hydroxylation is 1. The number of nitrogens with one attached hydrogen (secondary N) is 2. The lowest BCUT2D eigenvalue weighted by Gasteiger charge is -2.21. The molecule has 226 valence electrons. The second-order valence-electron chi connectivity index (χ2n) is 9.30. The summed E-state index contributed by atoms with van der Waals surface area (Å²) in [7, 11) is 1.49. The number of carboxylic acids is 1. The number of aromatic nitrogens is 1. The third-order valence-corrected chi connectivity index (χ3v) is 6.72. The molecule has 1 aromatic heterocycles. The molecule has 2 aromatic carbocycles. The highest BCUT2D eigenvalue weighted by atomic mass is 35.5. The van der Waals surface area contributed by atoms with Crippen LogP contribution < -0.4 is 30.4 Å². The summed E-state index contributed by atoms with van der Waals surface area (Å²) in [5, 5.41) is 25.9. The molecular weight excluding hydrogens is 566 g/mol. The smallest absolute Gasteiger partial charge is 0.319 e. The lowest BCUT2D eigenvalue weighted by atomic mass is 10.0. The average molecular weight is 602 g/mol. The number of hydrogen-bond donors (Lipinski definition) is 4. The molecule has 0 aliphatic rings. The van der Waals surface area contributed by atoms with Gasteiger partial charge in [0.2, 0.25) is 0 Å². The predicted molar refractivity (Wildman–Crippen MR) is 159 cm³/mol. The maximum Gasteiger partial charge on any atom is 0.319 e. The molecule has 0 saturated carbocycles. The summed E-state index contributed by atoms with van der Waals surface area (Å²) in [5.41, 5.74) is 0.411. The van der Waals surface area contributed by atoms with Crippen molar-refractivity contribution in [2.45, 2.75) is 52.6 Å². The van der Waals surface area contributed by atoms with Crippen molar-refractivity contribution in [1.29, 1.82) is 0 Å². The van der Waals surface area contributed by atoms with Gasteiger partial charge in [0.1, 0.15) is 11.5 Å². The van der Waals surface area contributed by atoms with Gasteiger partial charge in [-0.2, -0.15) is 0 Å². The minimum atomic E-state index is -1.16. The first-order valence-electron chi connectivity index (χ1n) is 13.6. The van der Waals surface area contributed by atoms with Gasteiger partial charge in [-0.3, -0.25) is 9.59 Å². The Balaban J connectivity index is 1.97. The van der Waals surface area contributed by atoms with Crippen LogP contribution in [0.2, 0.25) is 5.02 Å². The van der Waals surface area contributed by atoms with Gasteiger partial charge < -0.3 is 39.6 Å². The number of carboxylic acid groups (broad SMARTS) is 1. The topological polar surface area (TPSA) is 148 Å². The highest BCUT2D eigenvalue weighted by Crippen LogP contribution is 2.33. The van der Waals surface area contributed by atoms with Crippen molar-refractivity contribution in [3.8, 4) is 23.0 Å². The van der Waals surface area contributed by atoms with Gasteiger partial charge >= 0.3 is 12.0 Å². The number of amides is 2. The zero-order chi connectivity index (χ0) is 30.8. The molecule has 0 bridgehead atoms. The van der Waals surface area contributed by atoms with Crippen LogP contribution in [0.5, 0.6) is 23.0 Å². The first-order chi connectivity index (χ1) is 20.1. The number of rotatable bonds is 14. The average Bonchev–Trinajstić information content (AvgIpc) is 2.95. The number of carbonyl (C=O) groups excluding carboxylic acids is 1. The second kappa shape index (κ2) is 15.0. The van der Waals surface area contributed by atoms with Gasteiger partial charge in [0.25, 0.3) is 5.56 Å². The van der Waals surface area contributed by atoms with Gasteiger partial charge in [0, 0.05) is 22.3 Å². The molecule has 0 fully saturated rings. The van der Waals surface area contributed by atoms with Crippen LogP contribution in [0, 0.1) is 0 Å². The number of pyridine rings is 1. The molecule has 42 heavy (non-hydrogen) atoms. The molecule has 1 atom stereocenters. The van der Waals surface area contributed by atoms with Crippen LogP contribution in [0.3, 0.4) is 0 Å². The van der Waals surface area contributed by atoms with Gasteiger partial charge in [-0.05, 0) is 50.1 Å². The van der Waals surface area contributed by atoms with Gasteiger partial charge in [-0.15, -0.1) is 0 Å². The van der Waals surface area contributed by atoms with E-state index >= 15 is 0 Å². The molecule has 4 N–H and O–H groups in total. The summed E-state index contributed by atoms with van der Waals surface area (Å²) in [6.07, 6.45) is 2.16. The largest absolute Gasteiger partial charge is 0.505 e. The molecule has 12 heteroatoms. The van der Waals surface area contributed by atoms with E-state index in [1.165, 1.54) is 17.9 Å². The summed E-state index contributed by atoms with van der Waals surface area (Å²) in [4.78, 5) is 38.4. The van der Waals surface area contributed by atoms with Gasteiger partial charge in [0.05, 0.1) is 39.3 Å². The SMILES string of the molecule is CCCc1cn(Cc2c(Cl)cccc2OC)c(=O)c(NC(=O)N[C@@H](CC(=O)O)c2ccc(OCC)c(OCC)c2)c1O. The Labute approximate surface area is 249 Å². The number of carbonyl (C=O) groups is 2. The number of anilines is 1. The number of aliphatic carboxylic acids is 1. The van der Waals surface area contributed by atoms with Crippen molar-refractivity contribution >= 4 is 29.3 Å². The number of hydrogen-bond acceptors (Lipinski definition) is 7. The molecule has 0 radical (unpaired) electrons. The molecular formula is C30H36ClN3O8. The Morgan fingerprint density at radius 1 is 1.05 bits per heavy atom. The highest BCUT2D eigenvalue weighted by Gasteiger charge is 2.23. The standard InChI is InChI=1S/C30H36ClN3O8/c1-5-9-19-16-34(17-20-21(31)10-8-11-23(20)40-4)29(38)27(28(19)37)33-30(39)32-22(15-26(35)36)18-12-13-24(41-6-2)25(14-18)42-7-3/h8,10-14,16,22,37H,5-7,9,15,17H2,1-4H3,(H,35,36)(H2,32,33,39)/t22-/m0/s1. The lowest BCUT2D eigenvalue weighted by molar-refractivity contribution is -0.137. The predicted octanol–water partition coefficient (Wildman–Crippen LogP) is 5.35. The van der Waals surface area contributed by atoms with E-state index in [-0.39, 0.29) is 18.0 Å². The fourth-order valence-corrected chi connectivity index (χ4v) is 4.69. The van der Waals surface area contributed by atoms with Crippen LogP contribution in [-0.2, 0) is 17.8 Å². The van der Waals surface area contributed by atoms with Crippen LogP contribution in [-0.4, -0.2) is 47.1 Å². The summed E-state index contributed by atoms with van der Waals surface area (Å²) in [6.45, 7) is 6.31. The number of benzene rings is 2. The van der Waals surface area contributed by atoms with E-state index in [1.54, 1.807) is 43.3 Å². The molecule has 3 aromatic rings. The molecule has 0 spiro atoms. The van der Waals surface area contributed by atoms with E-state index in [2.05, 4.69) is 10.6 Å². The first-order valence-corrected chi connectivity index (χ1v) is 14.0. The fourth-order valence-electron chi connectivity index (χ4n) is 4.47. The quantitative estimate of drug-likeness (QED) is 0.193. The maximum absolute atomic E-state index is 13.5. The van der Waals surface area contributed by atoms with Crippen LogP contribution >= 0.6 is 11.6 Å². The summed E-state index contributed by atoms with van der Waals surface area (Å²) < 4.78 is 18.0. The number of aromatic hydroxyl groups is 1. The third kappa shape index (κ3) is 7.88. The number of urea groups is 1. The van der Waals surface area contributed by atoms with Crippen LogP contribution in [0.4, 0.5) is 10.5 Å². The van der Waals surface area contributed by atoms with Crippen molar-refractivity contribution < 1.29 is 34.0 Å². The molecule has 1 heterocycles. The van der Waals surface area contributed by atoms with Crippen molar-refractivity contribution in [2.24, 2.45) is 0 Å². The Hall–Kier alpha value is -4.38. The third-order valence-electron chi connectivity index (χ3n) is 6.36. The normalized spacial score (nSPS) is 11.5. The summed E-state index contributed by atoms with van der Waals surface area (Å²) in [5.74, 6) is -0.165. The van der Waals surface area contributed by atoms with E-state index in [4.69, 9.17) is 25.8 Å². The fraction of sp³-hybridized carbons (Fsp3) is 0.367. The van der Waals surface area contributed by atoms with Crippen LogP contribution in [0.25, 0.3) is 0 Å². The zero-order valence-electron chi connectivity index (χ0n) is 24.0. The van der Waals surface area contributed by atoms with E-state index in [0.717, 1.165) is 0 Å². The first kappa shape index (κ1) is 32.1. The zero-order valence-corrected chi connectivity index (χ0v) is 24.8. The Bertz CT molecular complexity index is 1470. The van der Waals surface area contributed by atoms with Crippen molar-refractivity contribution in [1.82, 2.24) is 9.88 Å². The summed E-state index contributed by atoms with van der Waals surface area (Å²) >= 11 is 6.39. The molecule has 0 aliphatic carbocycles. The van der Waals surface area contributed by atoms with Gasteiger partial charge in [0.15, 0.2) is 17.2 Å². The maximum atomic E-state index is 13.5. The molecule has 3 rings (SSSR count). The minimum Gasteiger partial charge on any atom is -0.505 e.